The van der Waals surface area contributed by atoms with Crippen LogP contribution in [0.4, 0.5) is 0 Å². The smallest absolute Gasteiger partial charge is 0.346 e. The summed E-state index contributed by atoms with van der Waals surface area (Å²) < 4.78 is 54.2. The van der Waals surface area contributed by atoms with E-state index in [1.165, 1.54) is 0 Å². The average Bonchev–Trinajstić information content (AvgIpc) is 2.63. The Morgan fingerprint density at radius 3 is 2.48 bits per heavy atom. The molecule has 0 radical (unpaired) electrons. The molecule has 0 aliphatic rings. The van der Waals surface area contributed by atoms with Crippen molar-refractivity contribution in [1.82, 2.24) is 0 Å². The van der Waals surface area contributed by atoms with Gasteiger partial charge in [0.1, 0.15) is 11.5 Å². The number of ether oxygens (including phenoxy) is 2. The lowest BCUT2D eigenvalue weighted by molar-refractivity contribution is 0.132. The van der Waals surface area contributed by atoms with Crippen molar-refractivity contribution in [2.45, 2.75) is 37.8 Å². The van der Waals surface area contributed by atoms with Crippen LogP contribution in [0.15, 0.2) is 48.5 Å². The van der Waals surface area contributed by atoms with Gasteiger partial charge in [0.15, 0.2) is 4.99 Å². The zero-order valence-electron chi connectivity index (χ0n) is 16.0. The molecule has 0 aliphatic carbocycles. The van der Waals surface area contributed by atoms with Gasteiger partial charge < -0.3 is 19.3 Å². The fourth-order valence-corrected chi connectivity index (χ4v) is 5.17. The van der Waals surface area contributed by atoms with Gasteiger partial charge in [0, 0.05) is 12.2 Å². The van der Waals surface area contributed by atoms with Gasteiger partial charge in [-0.3, -0.25) is 9.12 Å². The largest absolute Gasteiger partial charge is 0.457 e. The van der Waals surface area contributed by atoms with Gasteiger partial charge in [-0.25, -0.2) is 0 Å². The van der Waals surface area contributed by atoms with Crippen molar-refractivity contribution in [2.75, 3.05) is 6.61 Å². The van der Waals surface area contributed by atoms with Crippen LogP contribution in [0.25, 0.3) is 0 Å². The summed E-state index contributed by atoms with van der Waals surface area (Å²) in [6, 6.07) is 14.6. The molecule has 8 nitrogen and oxygen atoms in total. The van der Waals surface area contributed by atoms with E-state index >= 15 is 0 Å². The van der Waals surface area contributed by atoms with Gasteiger partial charge in [0.05, 0.1) is 6.61 Å². The SMILES string of the molecule is CCOCc1ccccc1Oc1cccc(CCCC(P(=O)(O)O)S(=O)(=O)O)c1. The Bertz CT molecular complexity index is 954. The molecule has 0 heterocycles. The number of hydrogen-bond acceptors (Lipinski definition) is 5. The standard InChI is InChI=1S/C19H25O8PS/c1-2-26-14-16-9-3-4-11-18(16)27-17-10-5-7-15(13-17)8-6-12-19(28(20,21)22)29(23,24)25/h3-5,7,9-11,13,19H,2,6,8,12,14H2,1H3,(H2,20,21,22)(H,23,24,25). The molecule has 2 rings (SSSR count). The monoisotopic (exact) mass is 444 g/mol. The minimum absolute atomic E-state index is 0.167. The van der Waals surface area contributed by atoms with Crippen LogP contribution in [0.3, 0.4) is 0 Å². The molecule has 0 saturated heterocycles. The molecule has 0 amide bonds. The highest BCUT2D eigenvalue weighted by Gasteiger charge is 2.38. The summed E-state index contributed by atoms with van der Waals surface area (Å²) in [7, 11) is -9.80. The molecule has 160 valence electrons. The molecular formula is C19H25O8PS. The molecule has 2 aromatic rings. The maximum atomic E-state index is 11.3. The van der Waals surface area contributed by atoms with Gasteiger partial charge in [-0.15, -0.1) is 0 Å². The van der Waals surface area contributed by atoms with Crippen molar-refractivity contribution in [3.05, 3.63) is 59.7 Å². The van der Waals surface area contributed by atoms with Crippen LogP contribution in [0.1, 0.15) is 30.9 Å². The van der Waals surface area contributed by atoms with E-state index in [4.69, 9.17) is 23.8 Å². The summed E-state index contributed by atoms with van der Waals surface area (Å²) in [5.74, 6) is 1.24. The van der Waals surface area contributed by atoms with Gasteiger partial charge in [0.25, 0.3) is 10.1 Å². The van der Waals surface area contributed by atoms with Crippen LogP contribution >= 0.6 is 7.60 Å². The lowest BCUT2D eigenvalue weighted by atomic mass is 10.1. The summed E-state index contributed by atoms with van der Waals surface area (Å²) in [6.45, 7) is 2.92. The Balaban J connectivity index is 2.04. The number of rotatable bonds is 11. The molecule has 0 bridgehead atoms. The first-order chi connectivity index (χ1) is 13.6. The molecule has 1 unspecified atom stereocenters. The number of benzene rings is 2. The second-order valence-electron chi connectivity index (χ2n) is 6.45. The second-order valence-corrected chi connectivity index (χ2v) is 10.2. The van der Waals surface area contributed by atoms with Crippen LogP contribution in [0, 0.1) is 0 Å². The summed E-state index contributed by atoms with van der Waals surface area (Å²) in [6.07, 6.45) is 0.176. The third-order valence-electron chi connectivity index (χ3n) is 4.20. The molecule has 3 N–H and O–H groups in total. The maximum absolute atomic E-state index is 11.3. The summed E-state index contributed by atoms with van der Waals surface area (Å²) in [4.78, 5) is 16.2. The van der Waals surface area contributed by atoms with Gasteiger partial charge in [0.2, 0.25) is 0 Å². The van der Waals surface area contributed by atoms with Crippen LogP contribution in [-0.2, 0) is 32.4 Å². The van der Waals surface area contributed by atoms with Gasteiger partial charge in [-0.05, 0) is 49.9 Å². The summed E-state index contributed by atoms with van der Waals surface area (Å²) in [5.41, 5.74) is 1.71. The Labute approximate surface area is 170 Å². The first-order valence-electron chi connectivity index (χ1n) is 9.05. The molecular weight excluding hydrogens is 419 g/mol. The summed E-state index contributed by atoms with van der Waals surface area (Å²) in [5, 5.41) is 0. The Kier molecular flexibility index (Phi) is 8.39. The van der Waals surface area contributed by atoms with Crippen LogP contribution < -0.4 is 4.74 Å². The first kappa shape index (κ1) is 23.5. The lowest BCUT2D eigenvalue weighted by Gasteiger charge is -2.15. The van der Waals surface area contributed by atoms with Crippen molar-refractivity contribution < 1.29 is 36.8 Å². The molecule has 0 aromatic heterocycles. The molecule has 2 aromatic carbocycles. The Morgan fingerprint density at radius 2 is 1.83 bits per heavy atom. The van der Waals surface area contributed by atoms with Gasteiger partial charge in [-0.2, -0.15) is 8.42 Å². The third kappa shape index (κ3) is 7.54. The van der Waals surface area contributed by atoms with Crippen LogP contribution in [-0.4, -0.2) is 34.4 Å². The highest BCUT2D eigenvalue weighted by molar-refractivity contribution is 7.93. The van der Waals surface area contributed by atoms with Crippen molar-refractivity contribution >= 4 is 17.7 Å². The quantitative estimate of drug-likeness (QED) is 0.353. The van der Waals surface area contributed by atoms with E-state index < -0.39 is 22.7 Å². The first-order valence-corrected chi connectivity index (χ1v) is 12.2. The van der Waals surface area contributed by atoms with Crippen LogP contribution in [0.2, 0.25) is 0 Å². The van der Waals surface area contributed by atoms with Crippen LogP contribution in [0.5, 0.6) is 11.5 Å². The number of aryl methyl sites for hydroxylation is 1. The molecule has 0 fully saturated rings. The predicted molar refractivity (Wildman–Crippen MR) is 109 cm³/mol. The normalized spacial score (nSPS) is 13.2. The Morgan fingerprint density at radius 1 is 1.10 bits per heavy atom. The number of para-hydroxylation sites is 1. The van der Waals surface area contributed by atoms with E-state index in [-0.39, 0.29) is 12.8 Å². The molecule has 10 heteroatoms. The zero-order valence-corrected chi connectivity index (χ0v) is 17.7. The molecule has 0 spiro atoms. The van der Waals surface area contributed by atoms with Crippen molar-refractivity contribution in [3.8, 4) is 11.5 Å². The zero-order chi connectivity index (χ0) is 21.5. The molecule has 0 aliphatic heterocycles. The fraction of sp³-hybridized carbons (Fsp3) is 0.368. The number of hydrogen-bond donors (Lipinski definition) is 3. The van der Waals surface area contributed by atoms with E-state index in [9.17, 15) is 13.0 Å². The fourth-order valence-electron chi connectivity index (χ4n) is 2.80. The highest BCUT2D eigenvalue weighted by Crippen LogP contribution is 2.46. The van der Waals surface area contributed by atoms with Crippen molar-refractivity contribution in [3.63, 3.8) is 0 Å². The van der Waals surface area contributed by atoms with Crippen molar-refractivity contribution in [1.29, 1.82) is 0 Å². The Hall–Kier alpha value is -1.74. The minimum Gasteiger partial charge on any atom is -0.457 e. The van der Waals surface area contributed by atoms with E-state index in [2.05, 4.69) is 0 Å². The second kappa shape index (κ2) is 10.3. The van der Waals surface area contributed by atoms with E-state index in [1.807, 2.05) is 31.2 Å². The topological polar surface area (TPSA) is 130 Å². The highest BCUT2D eigenvalue weighted by atomic mass is 32.2. The predicted octanol–water partition coefficient (Wildman–Crippen LogP) is 3.73. The van der Waals surface area contributed by atoms with E-state index in [1.54, 1.807) is 24.3 Å². The molecule has 1 atom stereocenters. The lowest BCUT2D eigenvalue weighted by Crippen LogP contribution is -2.20. The molecule has 0 saturated carbocycles. The van der Waals surface area contributed by atoms with Gasteiger partial charge in [-0.1, -0.05) is 30.3 Å². The average molecular weight is 444 g/mol. The van der Waals surface area contributed by atoms with E-state index in [0.29, 0.717) is 31.1 Å². The van der Waals surface area contributed by atoms with E-state index in [0.717, 1.165) is 11.1 Å². The maximum Gasteiger partial charge on any atom is 0.346 e. The van der Waals surface area contributed by atoms with Gasteiger partial charge >= 0.3 is 7.60 Å². The third-order valence-corrected chi connectivity index (χ3v) is 7.75. The molecule has 29 heavy (non-hydrogen) atoms. The minimum atomic E-state index is -4.96. The van der Waals surface area contributed by atoms with Crippen molar-refractivity contribution in [2.24, 2.45) is 0 Å². The summed E-state index contributed by atoms with van der Waals surface area (Å²) >= 11 is 0.